The van der Waals surface area contributed by atoms with E-state index in [0.29, 0.717) is 44.0 Å². The van der Waals surface area contributed by atoms with E-state index in [4.69, 9.17) is 4.98 Å². The number of nitrogens with one attached hydrogen (secondary N) is 1. The second-order valence-corrected chi connectivity index (χ2v) is 10.2. The van der Waals surface area contributed by atoms with Gasteiger partial charge in [0.2, 0.25) is 10.0 Å². The zero-order chi connectivity index (χ0) is 24.5. The number of rotatable bonds is 7. The Balaban J connectivity index is 1.48. The third-order valence-electron chi connectivity index (χ3n) is 5.91. The van der Waals surface area contributed by atoms with Gasteiger partial charge in [0.25, 0.3) is 11.6 Å². The van der Waals surface area contributed by atoms with Crippen LogP contribution in [-0.4, -0.2) is 70.4 Å². The number of nitrogens with zero attached hydrogens (tertiary/aromatic N) is 5. The third kappa shape index (κ3) is 5.08. The Morgan fingerprint density at radius 1 is 1.12 bits per heavy atom. The van der Waals surface area contributed by atoms with Crippen LogP contribution in [0.25, 0.3) is 11.0 Å². The lowest BCUT2D eigenvalue weighted by molar-refractivity contribution is -0.384. The van der Waals surface area contributed by atoms with E-state index in [9.17, 15) is 23.3 Å². The molecule has 1 N–H and O–H groups in total. The van der Waals surface area contributed by atoms with Crippen molar-refractivity contribution in [1.29, 1.82) is 0 Å². The topological polar surface area (TPSA) is 131 Å². The fraction of sp³-hybridized carbons (Fsp3) is 0.364. The molecule has 4 rings (SSSR count). The maximum absolute atomic E-state index is 12.6. The van der Waals surface area contributed by atoms with Crippen molar-refractivity contribution in [2.45, 2.75) is 20.0 Å². The molecule has 1 saturated heterocycles. The molecule has 1 aromatic heterocycles. The van der Waals surface area contributed by atoms with Crippen LogP contribution in [-0.2, 0) is 23.1 Å². The number of sulfonamides is 1. The number of nitro benzene ring substituents is 1. The van der Waals surface area contributed by atoms with E-state index >= 15 is 0 Å². The Morgan fingerprint density at radius 3 is 2.38 bits per heavy atom. The first-order valence-electron chi connectivity index (χ1n) is 10.9. The molecule has 0 radical (unpaired) electrons. The van der Waals surface area contributed by atoms with Crippen molar-refractivity contribution < 1.29 is 18.1 Å². The molecule has 11 nitrogen and oxygen atoms in total. The van der Waals surface area contributed by atoms with Crippen LogP contribution < -0.4 is 5.32 Å². The fourth-order valence-corrected chi connectivity index (χ4v) is 4.91. The smallest absolute Gasteiger partial charge is 0.269 e. The van der Waals surface area contributed by atoms with Crippen LogP contribution in [0.4, 0.5) is 11.4 Å². The van der Waals surface area contributed by atoms with Gasteiger partial charge in [0.05, 0.1) is 28.8 Å². The van der Waals surface area contributed by atoms with Crippen LogP contribution in [0.15, 0.2) is 42.5 Å². The van der Waals surface area contributed by atoms with Crippen molar-refractivity contribution in [3.8, 4) is 0 Å². The summed E-state index contributed by atoms with van der Waals surface area (Å²) < 4.78 is 27.1. The summed E-state index contributed by atoms with van der Waals surface area (Å²) in [5.74, 6) is 0.511. The number of non-ortho nitro benzene ring substituents is 1. The van der Waals surface area contributed by atoms with Gasteiger partial charge in [0, 0.05) is 56.1 Å². The van der Waals surface area contributed by atoms with Gasteiger partial charge in [-0.1, -0.05) is 0 Å². The summed E-state index contributed by atoms with van der Waals surface area (Å²) >= 11 is 0. The average Bonchev–Trinajstić information content (AvgIpc) is 3.14. The lowest BCUT2D eigenvalue weighted by Crippen LogP contribution is -2.48. The first kappa shape index (κ1) is 23.8. The molecule has 0 saturated carbocycles. The molecule has 180 valence electrons. The Bertz CT molecular complexity index is 1330. The molecule has 0 spiro atoms. The largest absolute Gasteiger partial charge is 0.327 e. The number of hydrogen-bond donors (Lipinski definition) is 1. The summed E-state index contributed by atoms with van der Waals surface area (Å²) in [4.78, 5) is 29.8. The Kier molecular flexibility index (Phi) is 6.64. The summed E-state index contributed by atoms with van der Waals surface area (Å²) in [5.41, 5.74) is 2.51. The second-order valence-electron chi connectivity index (χ2n) is 8.17. The van der Waals surface area contributed by atoms with Crippen molar-refractivity contribution in [3.05, 3.63) is 64.0 Å². The summed E-state index contributed by atoms with van der Waals surface area (Å²) in [5, 5.41) is 13.6. The number of benzene rings is 2. The minimum absolute atomic E-state index is 0.0756. The lowest BCUT2D eigenvalue weighted by atomic mass is 10.2. The molecule has 2 heterocycles. The standard InChI is InChI=1S/C22H26N6O5S/c1-3-27-20-9-6-17(23-22(29)16-4-7-18(8-5-16)28(30)31)14-19(20)24-21(27)15-25-10-12-26(13-11-25)34(2,32)33/h4-9,14H,3,10-13,15H2,1-2H3,(H,23,29). The van der Waals surface area contributed by atoms with Crippen LogP contribution in [0.5, 0.6) is 0 Å². The van der Waals surface area contributed by atoms with Gasteiger partial charge in [0.1, 0.15) is 5.82 Å². The second kappa shape index (κ2) is 9.49. The summed E-state index contributed by atoms with van der Waals surface area (Å²) in [6, 6.07) is 10.9. The number of anilines is 1. The zero-order valence-electron chi connectivity index (χ0n) is 19.0. The number of carbonyl (C=O) groups is 1. The van der Waals surface area contributed by atoms with E-state index in [1.165, 1.54) is 34.8 Å². The Labute approximate surface area is 197 Å². The van der Waals surface area contributed by atoms with Gasteiger partial charge in [-0.25, -0.2) is 13.4 Å². The molecular formula is C22H26N6O5S. The fourth-order valence-electron chi connectivity index (χ4n) is 4.09. The van der Waals surface area contributed by atoms with Gasteiger partial charge in [-0.05, 0) is 37.3 Å². The minimum Gasteiger partial charge on any atom is -0.327 e. The minimum atomic E-state index is -3.17. The van der Waals surface area contributed by atoms with Crippen LogP contribution >= 0.6 is 0 Å². The van der Waals surface area contributed by atoms with E-state index in [1.54, 1.807) is 12.1 Å². The van der Waals surface area contributed by atoms with E-state index in [2.05, 4.69) is 14.8 Å². The quantitative estimate of drug-likeness (QED) is 0.400. The molecule has 0 atom stereocenters. The zero-order valence-corrected chi connectivity index (χ0v) is 19.8. The number of hydrogen-bond acceptors (Lipinski definition) is 7. The van der Waals surface area contributed by atoms with E-state index in [0.717, 1.165) is 23.4 Å². The first-order valence-corrected chi connectivity index (χ1v) is 12.7. The molecule has 3 aromatic rings. The number of imidazole rings is 1. The number of fused-ring (bicyclic) bond motifs is 1. The molecule has 0 aliphatic carbocycles. The summed E-state index contributed by atoms with van der Waals surface area (Å²) in [7, 11) is -3.17. The van der Waals surface area contributed by atoms with Gasteiger partial charge in [-0.3, -0.25) is 19.8 Å². The molecule has 1 fully saturated rings. The number of carbonyl (C=O) groups excluding carboxylic acids is 1. The van der Waals surface area contributed by atoms with Crippen LogP contribution in [0.3, 0.4) is 0 Å². The molecular weight excluding hydrogens is 460 g/mol. The Morgan fingerprint density at radius 2 is 1.79 bits per heavy atom. The molecule has 2 aromatic carbocycles. The molecule has 0 bridgehead atoms. The number of nitro groups is 1. The number of amides is 1. The molecule has 0 unspecified atom stereocenters. The predicted molar refractivity (Wildman–Crippen MR) is 128 cm³/mol. The number of piperazine rings is 1. The highest BCUT2D eigenvalue weighted by Crippen LogP contribution is 2.23. The van der Waals surface area contributed by atoms with Gasteiger partial charge in [-0.2, -0.15) is 4.31 Å². The summed E-state index contributed by atoms with van der Waals surface area (Å²) in [6.07, 6.45) is 1.23. The van der Waals surface area contributed by atoms with Crippen molar-refractivity contribution in [2.75, 3.05) is 37.8 Å². The maximum atomic E-state index is 12.6. The maximum Gasteiger partial charge on any atom is 0.269 e. The highest BCUT2D eigenvalue weighted by molar-refractivity contribution is 7.88. The van der Waals surface area contributed by atoms with Crippen LogP contribution in [0, 0.1) is 10.1 Å². The Hall–Kier alpha value is -3.35. The molecule has 12 heteroatoms. The number of aromatic nitrogens is 2. The normalized spacial score (nSPS) is 15.5. The van der Waals surface area contributed by atoms with Gasteiger partial charge >= 0.3 is 0 Å². The summed E-state index contributed by atoms with van der Waals surface area (Å²) in [6.45, 7) is 5.56. The van der Waals surface area contributed by atoms with E-state index in [1.807, 2.05) is 13.0 Å². The van der Waals surface area contributed by atoms with Crippen molar-refractivity contribution in [2.24, 2.45) is 0 Å². The van der Waals surface area contributed by atoms with Gasteiger partial charge in [-0.15, -0.1) is 0 Å². The number of aryl methyl sites for hydroxylation is 1. The highest BCUT2D eigenvalue weighted by Gasteiger charge is 2.24. The van der Waals surface area contributed by atoms with Crippen molar-refractivity contribution in [3.63, 3.8) is 0 Å². The first-order chi connectivity index (χ1) is 16.2. The monoisotopic (exact) mass is 486 g/mol. The van der Waals surface area contributed by atoms with Crippen molar-refractivity contribution >= 4 is 38.3 Å². The highest BCUT2D eigenvalue weighted by atomic mass is 32.2. The van der Waals surface area contributed by atoms with E-state index < -0.39 is 14.9 Å². The molecule has 34 heavy (non-hydrogen) atoms. The van der Waals surface area contributed by atoms with Gasteiger partial charge < -0.3 is 9.88 Å². The van der Waals surface area contributed by atoms with Crippen molar-refractivity contribution in [1.82, 2.24) is 18.8 Å². The van der Waals surface area contributed by atoms with Crippen LogP contribution in [0.2, 0.25) is 0 Å². The third-order valence-corrected chi connectivity index (χ3v) is 7.21. The molecule has 1 aliphatic rings. The lowest BCUT2D eigenvalue weighted by Gasteiger charge is -2.32. The van der Waals surface area contributed by atoms with Crippen LogP contribution in [0.1, 0.15) is 23.1 Å². The van der Waals surface area contributed by atoms with Gasteiger partial charge in [0.15, 0.2) is 0 Å². The average molecular weight is 487 g/mol. The van der Waals surface area contributed by atoms with E-state index in [-0.39, 0.29) is 11.6 Å². The SMILES string of the molecule is CCn1c(CN2CCN(S(C)(=O)=O)CC2)nc2cc(NC(=O)c3ccc([N+](=O)[O-])cc3)ccc21. The molecule has 1 aliphatic heterocycles. The molecule has 1 amide bonds. The predicted octanol–water partition coefficient (Wildman–Crippen LogP) is 2.29.